The standard InChI is InChI=1S/C13H17BrN2O/c1-4-7-16-9-10(14)8-12(16)13(17)15-11(5-2)6-3/h2,8-9,11H,4,6-7H2,1,3H3,(H,15,17). The molecule has 0 aliphatic carbocycles. The molecule has 0 aromatic carbocycles. The summed E-state index contributed by atoms with van der Waals surface area (Å²) in [6, 6.07) is 1.61. The molecule has 17 heavy (non-hydrogen) atoms. The van der Waals surface area contributed by atoms with Crippen LogP contribution in [0.3, 0.4) is 0 Å². The first-order chi connectivity index (χ1) is 8.12. The maximum absolute atomic E-state index is 12.0. The van der Waals surface area contributed by atoms with E-state index in [1.807, 2.05) is 23.8 Å². The van der Waals surface area contributed by atoms with Crippen LogP contribution in [-0.4, -0.2) is 16.5 Å². The zero-order valence-electron chi connectivity index (χ0n) is 10.2. The fourth-order valence-electron chi connectivity index (χ4n) is 1.58. The van der Waals surface area contributed by atoms with Gasteiger partial charge in [0.15, 0.2) is 0 Å². The Morgan fingerprint density at radius 2 is 2.35 bits per heavy atom. The minimum atomic E-state index is -0.203. The van der Waals surface area contributed by atoms with Crippen molar-refractivity contribution in [2.75, 3.05) is 0 Å². The summed E-state index contributed by atoms with van der Waals surface area (Å²) >= 11 is 3.38. The van der Waals surface area contributed by atoms with Gasteiger partial charge < -0.3 is 9.88 Å². The summed E-state index contributed by atoms with van der Waals surface area (Å²) in [5.41, 5.74) is 0.646. The molecule has 1 N–H and O–H groups in total. The van der Waals surface area contributed by atoms with Crippen LogP contribution in [0.15, 0.2) is 16.7 Å². The van der Waals surface area contributed by atoms with Crippen molar-refractivity contribution in [1.82, 2.24) is 9.88 Å². The Morgan fingerprint density at radius 1 is 1.65 bits per heavy atom. The highest BCUT2D eigenvalue weighted by molar-refractivity contribution is 9.10. The van der Waals surface area contributed by atoms with Crippen molar-refractivity contribution >= 4 is 21.8 Å². The zero-order valence-corrected chi connectivity index (χ0v) is 11.8. The number of nitrogens with zero attached hydrogens (tertiary/aromatic N) is 1. The van der Waals surface area contributed by atoms with E-state index in [1.54, 1.807) is 0 Å². The Kier molecular flexibility index (Phi) is 5.30. The smallest absolute Gasteiger partial charge is 0.268 e. The lowest BCUT2D eigenvalue weighted by Crippen LogP contribution is -2.34. The summed E-state index contributed by atoms with van der Waals surface area (Å²) in [5, 5.41) is 2.83. The number of carbonyl (C=O) groups is 1. The van der Waals surface area contributed by atoms with Gasteiger partial charge in [0, 0.05) is 17.2 Å². The molecule has 0 aliphatic heterocycles. The Labute approximate surface area is 111 Å². The van der Waals surface area contributed by atoms with Gasteiger partial charge in [0.2, 0.25) is 0 Å². The van der Waals surface area contributed by atoms with Gasteiger partial charge in [0.05, 0.1) is 6.04 Å². The lowest BCUT2D eigenvalue weighted by Gasteiger charge is -2.12. The SMILES string of the molecule is C#CC(CC)NC(=O)c1cc(Br)cn1CCC. The molecule has 0 radical (unpaired) electrons. The number of terminal acetylenes is 1. The summed E-state index contributed by atoms with van der Waals surface area (Å²) in [6.45, 7) is 4.85. The average molecular weight is 297 g/mol. The van der Waals surface area contributed by atoms with Crippen LogP contribution < -0.4 is 5.32 Å². The molecule has 3 nitrogen and oxygen atoms in total. The monoisotopic (exact) mass is 296 g/mol. The Morgan fingerprint density at radius 3 is 2.88 bits per heavy atom. The lowest BCUT2D eigenvalue weighted by atomic mass is 10.2. The number of aryl methyl sites for hydroxylation is 1. The molecule has 0 saturated carbocycles. The molecule has 1 rings (SSSR count). The zero-order chi connectivity index (χ0) is 12.8. The maximum Gasteiger partial charge on any atom is 0.268 e. The highest BCUT2D eigenvalue weighted by Crippen LogP contribution is 2.15. The third-order valence-electron chi connectivity index (χ3n) is 2.48. The average Bonchev–Trinajstić information content (AvgIpc) is 2.67. The van der Waals surface area contributed by atoms with E-state index in [9.17, 15) is 4.79 Å². The number of carbonyl (C=O) groups excluding carboxylic acids is 1. The number of hydrogen-bond acceptors (Lipinski definition) is 1. The fraction of sp³-hybridized carbons (Fsp3) is 0.462. The van der Waals surface area contributed by atoms with E-state index >= 15 is 0 Å². The molecular formula is C13H17BrN2O. The van der Waals surface area contributed by atoms with Crippen LogP contribution in [0.1, 0.15) is 37.2 Å². The molecule has 0 saturated heterocycles. The highest BCUT2D eigenvalue weighted by Gasteiger charge is 2.14. The summed E-state index contributed by atoms with van der Waals surface area (Å²) < 4.78 is 2.84. The Balaban J connectivity index is 2.84. The minimum Gasteiger partial charge on any atom is -0.342 e. The molecule has 0 spiro atoms. The predicted molar refractivity (Wildman–Crippen MR) is 72.8 cm³/mol. The molecule has 1 amide bonds. The highest BCUT2D eigenvalue weighted by atomic mass is 79.9. The molecular weight excluding hydrogens is 280 g/mol. The molecule has 0 aliphatic rings. The second kappa shape index (κ2) is 6.51. The van der Waals surface area contributed by atoms with Gasteiger partial charge >= 0.3 is 0 Å². The largest absolute Gasteiger partial charge is 0.342 e. The lowest BCUT2D eigenvalue weighted by molar-refractivity contribution is 0.0935. The first-order valence-electron chi connectivity index (χ1n) is 5.75. The summed E-state index contributed by atoms with van der Waals surface area (Å²) in [6.07, 6.45) is 8.96. The van der Waals surface area contributed by atoms with Gasteiger partial charge in [0.25, 0.3) is 5.91 Å². The Bertz CT molecular complexity index is 431. The maximum atomic E-state index is 12.0. The van der Waals surface area contributed by atoms with Crippen LogP contribution in [0.5, 0.6) is 0 Å². The van der Waals surface area contributed by atoms with Gasteiger partial charge in [-0.05, 0) is 34.8 Å². The van der Waals surface area contributed by atoms with Crippen molar-refractivity contribution in [2.45, 2.75) is 39.3 Å². The second-order valence-corrected chi connectivity index (χ2v) is 4.75. The van der Waals surface area contributed by atoms with E-state index in [2.05, 4.69) is 34.1 Å². The molecule has 92 valence electrons. The van der Waals surface area contributed by atoms with Crippen molar-refractivity contribution in [3.05, 3.63) is 22.4 Å². The van der Waals surface area contributed by atoms with E-state index in [0.29, 0.717) is 5.69 Å². The number of nitrogens with one attached hydrogen (secondary N) is 1. The van der Waals surface area contributed by atoms with Gasteiger partial charge in [-0.1, -0.05) is 19.8 Å². The minimum absolute atomic E-state index is 0.117. The molecule has 1 heterocycles. The van der Waals surface area contributed by atoms with Crippen molar-refractivity contribution < 1.29 is 4.79 Å². The summed E-state index contributed by atoms with van der Waals surface area (Å²) in [5.74, 6) is 2.44. The van der Waals surface area contributed by atoms with Gasteiger partial charge in [-0.3, -0.25) is 4.79 Å². The first-order valence-corrected chi connectivity index (χ1v) is 6.54. The fourth-order valence-corrected chi connectivity index (χ4v) is 2.05. The van der Waals surface area contributed by atoms with Gasteiger partial charge in [-0.2, -0.15) is 0 Å². The van der Waals surface area contributed by atoms with Crippen LogP contribution >= 0.6 is 15.9 Å². The Hall–Kier alpha value is -1.21. The van der Waals surface area contributed by atoms with Gasteiger partial charge in [-0.15, -0.1) is 6.42 Å². The first kappa shape index (κ1) is 13.9. The van der Waals surface area contributed by atoms with Crippen LogP contribution in [0.25, 0.3) is 0 Å². The van der Waals surface area contributed by atoms with Gasteiger partial charge in [-0.25, -0.2) is 0 Å². The third-order valence-corrected chi connectivity index (χ3v) is 2.91. The second-order valence-electron chi connectivity index (χ2n) is 3.84. The quantitative estimate of drug-likeness (QED) is 0.833. The van der Waals surface area contributed by atoms with E-state index < -0.39 is 0 Å². The van der Waals surface area contributed by atoms with Crippen LogP contribution in [0, 0.1) is 12.3 Å². The van der Waals surface area contributed by atoms with E-state index in [0.717, 1.165) is 23.9 Å². The molecule has 4 heteroatoms. The van der Waals surface area contributed by atoms with Crippen LogP contribution in [0.4, 0.5) is 0 Å². The third kappa shape index (κ3) is 3.64. The number of amides is 1. The van der Waals surface area contributed by atoms with E-state index in [-0.39, 0.29) is 11.9 Å². The van der Waals surface area contributed by atoms with Crippen molar-refractivity contribution in [1.29, 1.82) is 0 Å². The van der Waals surface area contributed by atoms with E-state index in [4.69, 9.17) is 6.42 Å². The molecule has 1 atom stereocenters. The van der Waals surface area contributed by atoms with Crippen molar-refractivity contribution in [2.24, 2.45) is 0 Å². The molecule has 1 unspecified atom stereocenters. The molecule has 1 aromatic heterocycles. The van der Waals surface area contributed by atoms with Crippen molar-refractivity contribution in [3.8, 4) is 12.3 Å². The van der Waals surface area contributed by atoms with E-state index in [1.165, 1.54) is 0 Å². The summed E-state index contributed by atoms with van der Waals surface area (Å²) in [7, 11) is 0. The number of halogens is 1. The predicted octanol–water partition coefficient (Wildman–Crippen LogP) is 2.80. The van der Waals surface area contributed by atoms with Crippen LogP contribution in [-0.2, 0) is 6.54 Å². The van der Waals surface area contributed by atoms with Crippen molar-refractivity contribution in [3.63, 3.8) is 0 Å². The van der Waals surface area contributed by atoms with Crippen LogP contribution in [0.2, 0.25) is 0 Å². The molecule has 1 aromatic rings. The topological polar surface area (TPSA) is 34.0 Å². The van der Waals surface area contributed by atoms with Gasteiger partial charge in [0.1, 0.15) is 5.69 Å². The molecule has 0 fully saturated rings. The number of aromatic nitrogens is 1. The summed E-state index contributed by atoms with van der Waals surface area (Å²) in [4.78, 5) is 12.0. The number of hydrogen-bond donors (Lipinski definition) is 1. The molecule has 0 bridgehead atoms. The normalized spacial score (nSPS) is 11.9. The number of rotatable bonds is 5.